The van der Waals surface area contributed by atoms with Gasteiger partial charge >= 0.3 is 0 Å². The number of amides is 1. The van der Waals surface area contributed by atoms with E-state index in [9.17, 15) is 4.79 Å². The number of aromatic nitrogens is 3. The smallest absolute Gasteiger partial charge is 0.287 e. The quantitative estimate of drug-likeness (QED) is 0.896. The average molecular weight is 290 g/mol. The average Bonchev–Trinajstić information content (AvgIpc) is 3.14. The third-order valence-electron chi connectivity index (χ3n) is 3.68. The minimum atomic E-state index is -0.184. The molecule has 2 unspecified atom stereocenters. The van der Waals surface area contributed by atoms with E-state index in [0.29, 0.717) is 25.5 Å². The summed E-state index contributed by atoms with van der Waals surface area (Å²) in [6.45, 7) is 3.00. The molecule has 1 saturated heterocycles. The maximum atomic E-state index is 12.2. The van der Waals surface area contributed by atoms with Crippen LogP contribution < -0.4 is 5.32 Å². The zero-order valence-corrected chi connectivity index (χ0v) is 12.1. The molecule has 112 valence electrons. The molecule has 1 fully saturated rings. The summed E-state index contributed by atoms with van der Waals surface area (Å²) in [5, 5.41) is 6.87. The highest BCUT2D eigenvalue weighted by atomic mass is 16.5. The third-order valence-corrected chi connectivity index (χ3v) is 3.68. The molecule has 21 heavy (non-hydrogen) atoms. The lowest BCUT2D eigenvalue weighted by molar-refractivity contribution is 0.0911. The van der Waals surface area contributed by atoms with Gasteiger partial charge in [-0.2, -0.15) is 0 Å². The molecule has 0 aliphatic carbocycles. The molecule has 0 spiro atoms. The topological polar surface area (TPSA) is 82.2 Å². The molecule has 2 atom stereocenters. The molecule has 0 radical (unpaired) electrons. The summed E-state index contributed by atoms with van der Waals surface area (Å²) in [6.07, 6.45) is 4.05. The summed E-state index contributed by atoms with van der Waals surface area (Å²) in [5.74, 6) is 1.22. The van der Waals surface area contributed by atoms with Gasteiger partial charge in [0.15, 0.2) is 5.82 Å². The van der Waals surface area contributed by atoms with Crippen molar-refractivity contribution in [2.45, 2.75) is 19.4 Å². The Balaban J connectivity index is 1.64. The molecule has 1 amide bonds. The fourth-order valence-corrected chi connectivity index (χ4v) is 2.55. The molecule has 7 nitrogen and oxygen atoms in total. The van der Waals surface area contributed by atoms with E-state index in [1.807, 2.05) is 13.0 Å². The third kappa shape index (κ3) is 2.97. The monoisotopic (exact) mass is 290 g/mol. The first-order valence-electron chi connectivity index (χ1n) is 6.91. The zero-order chi connectivity index (χ0) is 14.8. The minimum absolute atomic E-state index is 0.0420. The molecule has 1 aliphatic rings. The number of hydrogen-bond donors (Lipinski definition) is 1. The number of aryl methyl sites for hydroxylation is 2. The van der Waals surface area contributed by atoms with Crippen molar-refractivity contribution in [2.75, 3.05) is 13.2 Å². The highest BCUT2D eigenvalue weighted by Crippen LogP contribution is 2.20. The predicted octanol–water partition coefficient (Wildman–Crippen LogP) is 0.704. The first-order valence-corrected chi connectivity index (χ1v) is 6.91. The Morgan fingerprint density at radius 3 is 3.05 bits per heavy atom. The summed E-state index contributed by atoms with van der Waals surface area (Å²) in [7, 11) is 1.79. The molecule has 3 rings (SSSR count). The summed E-state index contributed by atoms with van der Waals surface area (Å²) >= 11 is 0. The van der Waals surface area contributed by atoms with Crippen LogP contribution in [0.2, 0.25) is 0 Å². The van der Waals surface area contributed by atoms with E-state index in [2.05, 4.69) is 15.5 Å². The van der Waals surface area contributed by atoms with Crippen molar-refractivity contribution in [3.05, 3.63) is 35.7 Å². The van der Waals surface area contributed by atoms with Gasteiger partial charge in [0.1, 0.15) is 5.76 Å². The number of rotatable bonds is 4. The largest absolute Gasteiger partial charge is 0.379 e. The number of carbonyl (C=O) groups excluding carboxylic acids is 1. The Morgan fingerprint density at radius 2 is 2.38 bits per heavy atom. The van der Waals surface area contributed by atoms with Gasteiger partial charge in [-0.1, -0.05) is 5.16 Å². The van der Waals surface area contributed by atoms with Crippen molar-refractivity contribution in [1.29, 1.82) is 0 Å². The predicted molar refractivity (Wildman–Crippen MR) is 73.7 cm³/mol. The summed E-state index contributed by atoms with van der Waals surface area (Å²) in [4.78, 5) is 16.3. The maximum absolute atomic E-state index is 12.2. The molecule has 1 aliphatic heterocycles. The SMILES string of the molecule is Cc1cc(CC2COCC2NC(=O)c2nccn2C)on1. The van der Waals surface area contributed by atoms with E-state index in [1.54, 1.807) is 24.0 Å². The minimum Gasteiger partial charge on any atom is -0.379 e. The van der Waals surface area contributed by atoms with Gasteiger partial charge in [0.2, 0.25) is 0 Å². The zero-order valence-electron chi connectivity index (χ0n) is 12.1. The second-order valence-corrected chi connectivity index (χ2v) is 5.38. The van der Waals surface area contributed by atoms with Gasteiger partial charge in [-0.25, -0.2) is 4.98 Å². The lowest BCUT2D eigenvalue weighted by Crippen LogP contribution is -2.41. The van der Waals surface area contributed by atoms with Gasteiger partial charge in [-0.05, 0) is 6.92 Å². The summed E-state index contributed by atoms with van der Waals surface area (Å²) in [5.41, 5.74) is 0.859. The van der Waals surface area contributed by atoms with Gasteiger partial charge < -0.3 is 19.1 Å². The van der Waals surface area contributed by atoms with Gasteiger partial charge in [0.25, 0.3) is 5.91 Å². The molecule has 2 aromatic heterocycles. The van der Waals surface area contributed by atoms with Crippen molar-refractivity contribution < 1.29 is 14.1 Å². The van der Waals surface area contributed by atoms with Crippen molar-refractivity contribution >= 4 is 5.91 Å². The second kappa shape index (κ2) is 5.69. The molecule has 7 heteroatoms. The molecule has 3 heterocycles. The molecular weight excluding hydrogens is 272 g/mol. The lowest BCUT2D eigenvalue weighted by Gasteiger charge is -2.17. The first-order chi connectivity index (χ1) is 10.1. The molecule has 0 aromatic carbocycles. The Morgan fingerprint density at radius 1 is 1.52 bits per heavy atom. The Bertz CT molecular complexity index is 634. The van der Waals surface area contributed by atoms with E-state index < -0.39 is 0 Å². The standard InChI is InChI=1S/C14H18N4O3/c1-9-5-11(21-17-9)6-10-7-20-8-12(10)16-14(19)13-15-3-4-18(13)2/h3-5,10,12H,6-8H2,1-2H3,(H,16,19). The van der Waals surface area contributed by atoms with Gasteiger partial charge in [-0.15, -0.1) is 0 Å². The van der Waals surface area contributed by atoms with Gasteiger partial charge in [0.05, 0.1) is 24.9 Å². The number of hydrogen-bond acceptors (Lipinski definition) is 5. The lowest BCUT2D eigenvalue weighted by atomic mass is 9.98. The normalized spacial score (nSPS) is 21.6. The first kappa shape index (κ1) is 13.8. The summed E-state index contributed by atoms with van der Waals surface area (Å²) in [6, 6.07) is 1.87. The van der Waals surface area contributed by atoms with E-state index in [-0.39, 0.29) is 17.9 Å². The number of carbonyl (C=O) groups is 1. The number of ether oxygens (including phenoxy) is 1. The van der Waals surface area contributed by atoms with Crippen LogP contribution in [0.4, 0.5) is 0 Å². The number of nitrogens with one attached hydrogen (secondary N) is 1. The molecule has 0 saturated carbocycles. The van der Waals surface area contributed by atoms with E-state index in [4.69, 9.17) is 9.26 Å². The molecule has 0 bridgehead atoms. The van der Waals surface area contributed by atoms with E-state index in [1.165, 1.54) is 0 Å². The van der Waals surface area contributed by atoms with Crippen LogP contribution in [0.15, 0.2) is 23.0 Å². The number of imidazole rings is 1. The van der Waals surface area contributed by atoms with E-state index in [0.717, 1.165) is 11.5 Å². The van der Waals surface area contributed by atoms with Crippen LogP contribution in [-0.4, -0.2) is 39.9 Å². The highest BCUT2D eigenvalue weighted by molar-refractivity contribution is 5.91. The van der Waals surface area contributed by atoms with Crippen LogP contribution in [0.1, 0.15) is 22.1 Å². The van der Waals surface area contributed by atoms with Crippen LogP contribution in [0, 0.1) is 12.8 Å². The Hall–Kier alpha value is -2.15. The fourth-order valence-electron chi connectivity index (χ4n) is 2.55. The van der Waals surface area contributed by atoms with Gasteiger partial charge in [-0.3, -0.25) is 4.79 Å². The van der Waals surface area contributed by atoms with Crippen LogP contribution >= 0.6 is 0 Å². The molecule has 2 aromatic rings. The van der Waals surface area contributed by atoms with Crippen molar-refractivity contribution in [3.8, 4) is 0 Å². The molecule has 1 N–H and O–H groups in total. The van der Waals surface area contributed by atoms with Crippen LogP contribution in [0.25, 0.3) is 0 Å². The van der Waals surface area contributed by atoms with Crippen molar-refractivity contribution in [1.82, 2.24) is 20.0 Å². The highest BCUT2D eigenvalue weighted by Gasteiger charge is 2.31. The van der Waals surface area contributed by atoms with E-state index >= 15 is 0 Å². The Labute approximate surface area is 122 Å². The Kier molecular flexibility index (Phi) is 3.74. The van der Waals surface area contributed by atoms with Crippen molar-refractivity contribution in [2.24, 2.45) is 13.0 Å². The fraction of sp³-hybridized carbons (Fsp3) is 0.500. The van der Waals surface area contributed by atoms with Crippen molar-refractivity contribution in [3.63, 3.8) is 0 Å². The summed E-state index contributed by atoms with van der Waals surface area (Å²) < 4.78 is 12.4. The maximum Gasteiger partial charge on any atom is 0.287 e. The van der Waals surface area contributed by atoms with Crippen LogP contribution in [0.3, 0.4) is 0 Å². The molecular formula is C14H18N4O3. The second-order valence-electron chi connectivity index (χ2n) is 5.38. The number of nitrogens with zero attached hydrogens (tertiary/aromatic N) is 3. The van der Waals surface area contributed by atoms with Crippen LogP contribution in [-0.2, 0) is 18.2 Å². The van der Waals surface area contributed by atoms with Crippen LogP contribution in [0.5, 0.6) is 0 Å². The van der Waals surface area contributed by atoms with Gasteiger partial charge in [0, 0.05) is 37.8 Å².